The number of aromatic nitrogens is 3. The summed E-state index contributed by atoms with van der Waals surface area (Å²) in [5.74, 6) is 0.923. The summed E-state index contributed by atoms with van der Waals surface area (Å²) in [6, 6.07) is 2.04. The van der Waals surface area contributed by atoms with E-state index in [0.29, 0.717) is 0 Å². The number of rotatable bonds is 2. The Morgan fingerprint density at radius 1 is 1.23 bits per heavy atom. The zero-order chi connectivity index (χ0) is 9.26. The Hall–Kier alpha value is -1.38. The van der Waals surface area contributed by atoms with Crippen LogP contribution in [0.25, 0.3) is 11.0 Å². The summed E-state index contributed by atoms with van der Waals surface area (Å²) in [6.07, 6.45) is 3.77. The topological polar surface area (TPSA) is 41.6 Å². The third kappa shape index (κ3) is 1.30. The molecule has 0 radical (unpaired) electrons. The van der Waals surface area contributed by atoms with Crippen LogP contribution in [0.4, 0.5) is 0 Å². The van der Waals surface area contributed by atoms with Crippen molar-refractivity contribution in [2.75, 3.05) is 0 Å². The van der Waals surface area contributed by atoms with Gasteiger partial charge in [-0.25, -0.2) is 9.97 Å². The van der Waals surface area contributed by atoms with Gasteiger partial charge >= 0.3 is 0 Å². The second-order valence-electron chi connectivity index (χ2n) is 3.03. The van der Waals surface area contributed by atoms with E-state index in [1.807, 2.05) is 12.3 Å². The minimum absolute atomic E-state index is 0.891. The molecule has 2 rings (SSSR count). The van der Waals surface area contributed by atoms with E-state index in [1.54, 1.807) is 0 Å². The Balaban J connectivity index is 2.70. The molecule has 0 aliphatic rings. The van der Waals surface area contributed by atoms with E-state index < -0.39 is 0 Å². The quantitative estimate of drug-likeness (QED) is 0.759. The number of nitrogens with one attached hydrogen (secondary N) is 1. The Kier molecular flexibility index (Phi) is 2.00. The van der Waals surface area contributed by atoms with E-state index in [4.69, 9.17) is 0 Å². The van der Waals surface area contributed by atoms with Crippen LogP contribution in [0.15, 0.2) is 12.3 Å². The molecule has 2 aromatic rings. The van der Waals surface area contributed by atoms with E-state index in [-0.39, 0.29) is 0 Å². The van der Waals surface area contributed by atoms with Crippen molar-refractivity contribution in [3.63, 3.8) is 0 Å². The van der Waals surface area contributed by atoms with Crippen molar-refractivity contribution in [1.82, 2.24) is 15.0 Å². The number of hydrogen-bond donors (Lipinski definition) is 1. The lowest BCUT2D eigenvalue weighted by Crippen LogP contribution is -1.98. The molecule has 3 heteroatoms. The van der Waals surface area contributed by atoms with E-state index in [1.165, 1.54) is 0 Å². The maximum absolute atomic E-state index is 4.48. The summed E-state index contributed by atoms with van der Waals surface area (Å²) in [5.41, 5.74) is 2.10. The summed E-state index contributed by atoms with van der Waals surface area (Å²) in [7, 11) is 0. The summed E-state index contributed by atoms with van der Waals surface area (Å²) < 4.78 is 0. The van der Waals surface area contributed by atoms with Gasteiger partial charge in [-0.2, -0.15) is 0 Å². The molecule has 0 fully saturated rings. The number of aromatic amines is 1. The Bertz CT molecular complexity index is 417. The van der Waals surface area contributed by atoms with Crippen LogP contribution in [0.3, 0.4) is 0 Å². The van der Waals surface area contributed by atoms with Gasteiger partial charge in [-0.05, 0) is 12.5 Å². The van der Waals surface area contributed by atoms with Crippen LogP contribution >= 0.6 is 0 Å². The standard InChI is InChI=1S/C10H13N3/c1-3-8-7-5-6-11-10(7)13-9(4-2)12-8/h5-6H,3-4H2,1-2H3,(H,11,12,13). The average Bonchev–Trinajstić information content (AvgIpc) is 2.63. The first-order chi connectivity index (χ1) is 6.35. The van der Waals surface area contributed by atoms with Crippen LogP contribution in [0, 0.1) is 0 Å². The molecule has 1 N–H and O–H groups in total. The fraction of sp³-hybridized carbons (Fsp3) is 0.400. The number of aryl methyl sites for hydroxylation is 2. The molecule has 0 aromatic carbocycles. The van der Waals surface area contributed by atoms with Crippen LogP contribution < -0.4 is 0 Å². The molecule has 0 atom stereocenters. The first kappa shape index (κ1) is 8.23. The first-order valence-corrected chi connectivity index (χ1v) is 4.68. The molecule has 0 unspecified atom stereocenters. The summed E-state index contributed by atoms with van der Waals surface area (Å²) in [4.78, 5) is 12.0. The first-order valence-electron chi connectivity index (χ1n) is 4.68. The minimum Gasteiger partial charge on any atom is -0.346 e. The van der Waals surface area contributed by atoms with Crippen LogP contribution in [-0.2, 0) is 12.8 Å². The zero-order valence-corrected chi connectivity index (χ0v) is 7.96. The zero-order valence-electron chi connectivity index (χ0n) is 7.96. The van der Waals surface area contributed by atoms with Gasteiger partial charge in [0.05, 0.1) is 5.69 Å². The third-order valence-corrected chi connectivity index (χ3v) is 2.19. The molecule has 13 heavy (non-hydrogen) atoms. The lowest BCUT2D eigenvalue weighted by molar-refractivity contribution is 0.909. The van der Waals surface area contributed by atoms with Crippen molar-refractivity contribution >= 4 is 11.0 Å². The molecule has 68 valence electrons. The maximum atomic E-state index is 4.48. The molecule has 2 aromatic heterocycles. The van der Waals surface area contributed by atoms with Crippen molar-refractivity contribution in [3.05, 3.63) is 23.8 Å². The molecule has 0 aliphatic heterocycles. The van der Waals surface area contributed by atoms with Gasteiger partial charge in [0, 0.05) is 18.0 Å². The lowest BCUT2D eigenvalue weighted by Gasteiger charge is -2.01. The van der Waals surface area contributed by atoms with Crippen molar-refractivity contribution in [3.8, 4) is 0 Å². The largest absolute Gasteiger partial charge is 0.346 e. The Labute approximate surface area is 77.2 Å². The molecule has 0 amide bonds. The molecule has 0 spiro atoms. The highest BCUT2D eigenvalue weighted by Crippen LogP contribution is 2.14. The van der Waals surface area contributed by atoms with E-state index >= 15 is 0 Å². The van der Waals surface area contributed by atoms with Crippen molar-refractivity contribution in [2.24, 2.45) is 0 Å². The summed E-state index contributed by atoms with van der Waals surface area (Å²) in [6.45, 7) is 4.19. The van der Waals surface area contributed by atoms with Gasteiger partial charge in [0.25, 0.3) is 0 Å². The molecular weight excluding hydrogens is 162 g/mol. The van der Waals surface area contributed by atoms with Gasteiger partial charge in [-0.1, -0.05) is 13.8 Å². The van der Waals surface area contributed by atoms with Crippen LogP contribution in [0.2, 0.25) is 0 Å². The van der Waals surface area contributed by atoms with Gasteiger partial charge in [0.15, 0.2) is 0 Å². The van der Waals surface area contributed by atoms with Gasteiger partial charge in [0.2, 0.25) is 0 Å². The molecule has 2 heterocycles. The SMILES string of the molecule is CCc1nc(CC)c2cc[nH]c2n1. The molecular formula is C10H13N3. The predicted octanol–water partition coefficient (Wildman–Crippen LogP) is 2.08. The average molecular weight is 175 g/mol. The minimum atomic E-state index is 0.891. The fourth-order valence-corrected chi connectivity index (χ4v) is 1.48. The van der Waals surface area contributed by atoms with Crippen molar-refractivity contribution in [1.29, 1.82) is 0 Å². The van der Waals surface area contributed by atoms with Gasteiger partial charge in [0.1, 0.15) is 11.5 Å². The Morgan fingerprint density at radius 2 is 2.08 bits per heavy atom. The maximum Gasteiger partial charge on any atom is 0.141 e. The van der Waals surface area contributed by atoms with Crippen LogP contribution in [-0.4, -0.2) is 15.0 Å². The smallest absolute Gasteiger partial charge is 0.141 e. The fourth-order valence-electron chi connectivity index (χ4n) is 1.48. The molecule has 3 nitrogen and oxygen atoms in total. The lowest BCUT2D eigenvalue weighted by atomic mass is 10.2. The second kappa shape index (κ2) is 3.17. The van der Waals surface area contributed by atoms with Crippen molar-refractivity contribution in [2.45, 2.75) is 26.7 Å². The Morgan fingerprint density at radius 3 is 2.77 bits per heavy atom. The van der Waals surface area contributed by atoms with Crippen LogP contribution in [0.5, 0.6) is 0 Å². The van der Waals surface area contributed by atoms with Crippen LogP contribution in [0.1, 0.15) is 25.4 Å². The highest BCUT2D eigenvalue weighted by molar-refractivity contribution is 5.77. The summed E-state index contributed by atoms with van der Waals surface area (Å²) in [5, 5.41) is 1.15. The van der Waals surface area contributed by atoms with E-state index in [2.05, 4.69) is 28.8 Å². The highest BCUT2D eigenvalue weighted by Gasteiger charge is 2.04. The second-order valence-corrected chi connectivity index (χ2v) is 3.03. The van der Waals surface area contributed by atoms with Gasteiger partial charge < -0.3 is 4.98 Å². The molecule has 0 saturated heterocycles. The number of H-pyrrole nitrogens is 1. The molecule has 0 bridgehead atoms. The number of fused-ring (bicyclic) bond motifs is 1. The number of nitrogens with zero attached hydrogens (tertiary/aromatic N) is 2. The highest BCUT2D eigenvalue weighted by atomic mass is 14.9. The van der Waals surface area contributed by atoms with E-state index in [9.17, 15) is 0 Å². The normalized spacial score (nSPS) is 10.9. The third-order valence-electron chi connectivity index (χ3n) is 2.19. The number of hydrogen-bond acceptors (Lipinski definition) is 2. The van der Waals surface area contributed by atoms with E-state index in [0.717, 1.165) is 35.4 Å². The predicted molar refractivity (Wildman–Crippen MR) is 52.6 cm³/mol. The van der Waals surface area contributed by atoms with Gasteiger partial charge in [-0.3, -0.25) is 0 Å². The molecule has 0 aliphatic carbocycles. The van der Waals surface area contributed by atoms with Crippen molar-refractivity contribution < 1.29 is 0 Å². The summed E-state index contributed by atoms with van der Waals surface area (Å²) >= 11 is 0. The van der Waals surface area contributed by atoms with Gasteiger partial charge in [-0.15, -0.1) is 0 Å². The molecule has 0 saturated carbocycles. The monoisotopic (exact) mass is 175 g/mol.